The van der Waals surface area contributed by atoms with Crippen molar-refractivity contribution in [2.75, 3.05) is 13.1 Å². The number of fused-ring (bicyclic) bond motifs is 1. The first kappa shape index (κ1) is 19.9. The van der Waals surface area contributed by atoms with Crippen molar-refractivity contribution < 1.29 is 9.59 Å². The third kappa shape index (κ3) is 4.44. The molecule has 1 aromatic heterocycles. The Morgan fingerprint density at radius 2 is 1.83 bits per heavy atom. The van der Waals surface area contributed by atoms with E-state index in [-0.39, 0.29) is 17.7 Å². The monoisotopic (exact) mass is 393 g/mol. The summed E-state index contributed by atoms with van der Waals surface area (Å²) in [5.74, 6) is 0.0116. The van der Waals surface area contributed by atoms with E-state index in [1.807, 2.05) is 36.9 Å². The van der Waals surface area contributed by atoms with Crippen LogP contribution in [0.15, 0.2) is 24.3 Å². The van der Waals surface area contributed by atoms with Gasteiger partial charge in [-0.25, -0.2) is 0 Å². The molecule has 0 spiro atoms. The van der Waals surface area contributed by atoms with E-state index in [0.717, 1.165) is 47.8 Å². The third-order valence-electron chi connectivity index (χ3n) is 6.42. The maximum Gasteiger partial charge on any atom is 0.255 e. The Labute approximate surface area is 172 Å². The van der Waals surface area contributed by atoms with Crippen molar-refractivity contribution in [3.63, 3.8) is 0 Å². The number of aryl methyl sites for hydroxylation is 2. The zero-order valence-electron chi connectivity index (χ0n) is 17.5. The Balaban J connectivity index is 1.47. The van der Waals surface area contributed by atoms with E-state index in [4.69, 9.17) is 0 Å². The first-order valence-corrected chi connectivity index (χ1v) is 11.0. The van der Waals surface area contributed by atoms with E-state index in [9.17, 15) is 9.59 Å². The summed E-state index contributed by atoms with van der Waals surface area (Å²) >= 11 is 0. The minimum absolute atomic E-state index is 0.00595. The van der Waals surface area contributed by atoms with Gasteiger partial charge in [0.1, 0.15) is 0 Å². The summed E-state index contributed by atoms with van der Waals surface area (Å²) in [6.07, 6.45) is 7.58. The SMILES string of the molecule is Cc1ccc2nc(C)c(C(=O)N3CCC[C@H](C(=O)NC4CCCCC4)C3)cc2c1. The molecular formula is C24H31N3O2. The Morgan fingerprint density at radius 3 is 2.62 bits per heavy atom. The van der Waals surface area contributed by atoms with Crippen molar-refractivity contribution in [3.05, 3.63) is 41.1 Å². The lowest BCUT2D eigenvalue weighted by atomic mass is 9.92. The predicted molar refractivity (Wildman–Crippen MR) is 115 cm³/mol. The molecule has 0 unspecified atom stereocenters. The van der Waals surface area contributed by atoms with Crippen LogP contribution in [-0.2, 0) is 4.79 Å². The lowest BCUT2D eigenvalue weighted by Gasteiger charge is -2.33. The number of carbonyl (C=O) groups is 2. The Bertz CT molecular complexity index is 918. The number of nitrogens with one attached hydrogen (secondary N) is 1. The average molecular weight is 394 g/mol. The number of nitrogens with zero attached hydrogens (tertiary/aromatic N) is 2. The van der Waals surface area contributed by atoms with Crippen LogP contribution in [0.2, 0.25) is 0 Å². The Hall–Kier alpha value is -2.43. The van der Waals surface area contributed by atoms with Gasteiger partial charge in [0.05, 0.1) is 22.7 Å². The summed E-state index contributed by atoms with van der Waals surface area (Å²) in [5.41, 5.74) is 3.46. The van der Waals surface area contributed by atoms with Crippen molar-refractivity contribution >= 4 is 22.7 Å². The lowest BCUT2D eigenvalue weighted by molar-refractivity contribution is -0.127. The van der Waals surface area contributed by atoms with Gasteiger partial charge in [0, 0.05) is 24.5 Å². The molecule has 0 bridgehead atoms. The molecule has 1 atom stereocenters. The maximum atomic E-state index is 13.3. The molecule has 29 heavy (non-hydrogen) atoms. The molecule has 5 nitrogen and oxygen atoms in total. The highest BCUT2D eigenvalue weighted by Crippen LogP contribution is 2.24. The topological polar surface area (TPSA) is 62.3 Å². The van der Waals surface area contributed by atoms with Gasteiger partial charge >= 0.3 is 0 Å². The first-order valence-electron chi connectivity index (χ1n) is 11.0. The molecule has 1 aliphatic heterocycles. The highest BCUT2D eigenvalue weighted by molar-refractivity contribution is 5.99. The molecule has 1 aromatic carbocycles. The number of amides is 2. The number of hydrogen-bond donors (Lipinski definition) is 1. The fourth-order valence-corrected chi connectivity index (χ4v) is 4.72. The van der Waals surface area contributed by atoms with Crippen LogP contribution in [0.5, 0.6) is 0 Å². The fourth-order valence-electron chi connectivity index (χ4n) is 4.72. The minimum Gasteiger partial charge on any atom is -0.353 e. The lowest BCUT2D eigenvalue weighted by Crippen LogP contribution is -2.48. The van der Waals surface area contributed by atoms with Crippen LogP contribution in [0, 0.1) is 19.8 Å². The summed E-state index contributed by atoms with van der Waals surface area (Å²) in [4.78, 5) is 32.5. The number of piperidine rings is 1. The van der Waals surface area contributed by atoms with Crippen LogP contribution >= 0.6 is 0 Å². The number of aromatic nitrogens is 1. The fraction of sp³-hybridized carbons (Fsp3) is 0.542. The standard InChI is InChI=1S/C24H31N3O2/c1-16-10-11-22-19(13-16)14-21(17(2)25-22)24(29)27-12-6-7-18(15-27)23(28)26-20-8-4-3-5-9-20/h10-11,13-14,18,20H,3-9,12,15H2,1-2H3,(H,26,28)/t18-/m0/s1. The van der Waals surface area contributed by atoms with Crippen LogP contribution in [0.3, 0.4) is 0 Å². The van der Waals surface area contributed by atoms with E-state index < -0.39 is 0 Å². The number of benzene rings is 1. The molecule has 1 saturated carbocycles. The number of carbonyl (C=O) groups excluding carboxylic acids is 2. The second-order valence-corrected chi connectivity index (χ2v) is 8.75. The van der Waals surface area contributed by atoms with Gasteiger partial charge in [0.15, 0.2) is 0 Å². The van der Waals surface area contributed by atoms with Crippen molar-refractivity contribution in [3.8, 4) is 0 Å². The molecule has 2 heterocycles. The third-order valence-corrected chi connectivity index (χ3v) is 6.42. The van der Waals surface area contributed by atoms with Crippen LogP contribution in [0.1, 0.15) is 66.6 Å². The molecule has 2 amide bonds. The minimum atomic E-state index is -0.106. The Kier molecular flexibility index (Phi) is 5.84. The number of hydrogen-bond acceptors (Lipinski definition) is 3. The van der Waals surface area contributed by atoms with Crippen molar-refractivity contribution in [2.24, 2.45) is 5.92 Å². The van der Waals surface area contributed by atoms with Crippen LogP contribution in [-0.4, -0.2) is 40.8 Å². The van der Waals surface area contributed by atoms with Crippen LogP contribution in [0.4, 0.5) is 0 Å². The van der Waals surface area contributed by atoms with Gasteiger partial charge in [-0.1, -0.05) is 30.9 Å². The number of likely N-dealkylation sites (tertiary alicyclic amines) is 1. The molecule has 1 saturated heterocycles. The molecule has 5 heteroatoms. The molecule has 4 rings (SSSR count). The molecule has 2 aromatic rings. The van der Waals surface area contributed by atoms with Gasteiger partial charge in [0.2, 0.25) is 5.91 Å². The first-order chi connectivity index (χ1) is 14.0. The maximum absolute atomic E-state index is 13.3. The zero-order valence-corrected chi connectivity index (χ0v) is 17.5. The van der Waals surface area contributed by atoms with Gasteiger partial charge in [0.25, 0.3) is 5.91 Å². The van der Waals surface area contributed by atoms with E-state index >= 15 is 0 Å². The molecule has 1 aliphatic carbocycles. The largest absolute Gasteiger partial charge is 0.353 e. The molecule has 1 N–H and O–H groups in total. The second-order valence-electron chi connectivity index (χ2n) is 8.75. The number of pyridine rings is 1. The molecule has 0 radical (unpaired) electrons. The molecule has 2 fully saturated rings. The normalized spacial score (nSPS) is 20.6. The summed E-state index contributed by atoms with van der Waals surface area (Å²) in [5, 5.41) is 4.23. The summed E-state index contributed by atoms with van der Waals surface area (Å²) < 4.78 is 0. The van der Waals surface area contributed by atoms with Gasteiger partial charge in [-0.2, -0.15) is 0 Å². The van der Waals surface area contributed by atoms with E-state index in [0.29, 0.717) is 24.7 Å². The van der Waals surface area contributed by atoms with Crippen LogP contribution in [0.25, 0.3) is 10.9 Å². The van der Waals surface area contributed by atoms with Crippen molar-refractivity contribution in [1.29, 1.82) is 0 Å². The van der Waals surface area contributed by atoms with E-state index in [1.54, 1.807) is 0 Å². The Morgan fingerprint density at radius 1 is 1.03 bits per heavy atom. The average Bonchev–Trinajstić information content (AvgIpc) is 2.74. The van der Waals surface area contributed by atoms with Crippen molar-refractivity contribution in [1.82, 2.24) is 15.2 Å². The highest BCUT2D eigenvalue weighted by Gasteiger charge is 2.31. The van der Waals surface area contributed by atoms with Gasteiger partial charge in [-0.05, 0) is 57.7 Å². The second kappa shape index (κ2) is 8.52. The summed E-state index contributed by atoms with van der Waals surface area (Å²) in [6, 6.07) is 8.38. The molecular weight excluding hydrogens is 362 g/mol. The predicted octanol–water partition coefficient (Wildman–Crippen LogP) is 4.15. The van der Waals surface area contributed by atoms with Gasteiger partial charge < -0.3 is 10.2 Å². The quantitative estimate of drug-likeness (QED) is 0.852. The molecule has 2 aliphatic rings. The highest BCUT2D eigenvalue weighted by atomic mass is 16.2. The van der Waals surface area contributed by atoms with Crippen molar-refractivity contribution in [2.45, 2.75) is 64.8 Å². The van der Waals surface area contributed by atoms with Gasteiger partial charge in [-0.15, -0.1) is 0 Å². The zero-order chi connectivity index (χ0) is 20.4. The van der Waals surface area contributed by atoms with E-state index in [1.165, 1.54) is 19.3 Å². The summed E-state index contributed by atoms with van der Waals surface area (Å²) in [7, 11) is 0. The van der Waals surface area contributed by atoms with E-state index in [2.05, 4.69) is 16.4 Å². The smallest absolute Gasteiger partial charge is 0.255 e. The number of rotatable bonds is 3. The summed E-state index contributed by atoms with van der Waals surface area (Å²) in [6.45, 7) is 5.14. The van der Waals surface area contributed by atoms with Crippen LogP contribution < -0.4 is 5.32 Å². The molecule has 154 valence electrons. The van der Waals surface area contributed by atoms with Gasteiger partial charge in [-0.3, -0.25) is 14.6 Å².